The third-order valence-electron chi connectivity index (χ3n) is 5.06. The molecule has 1 unspecified atom stereocenters. The van der Waals surface area contributed by atoms with Gasteiger partial charge < -0.3 is 9.80 Å². The monoisotopic (exact) mass is 355 g/mol. The normalized spacial score (nSPS) is 17.8. The van der Waals surface area contributed by atoms with Crippen LogP contribution in [-0.2, 0) is 6.42 Å². The summed E-state index contributed by atoms with van der Waals surface area (Å²) in [4.78, 5) is 20.7. The highest BCUT2D eigenvalue weighted by Gasteiger charge is 2.23. The lowest BCUT2D eigenvalue weighted by Crippen LogP contribution is -2.42. The molecule has 1 aromatic heterocycles. The van der Waals surface area contributed by atoms with Crippen molar-refractivity contribution in [1.82, 2.24) is 14.8 Å². The van der Waals surface area contributed by atoms with Crippen LogP contribution in [0.5, 0.6) is 0 Å². The topological polar surface area (TPSA) is 36.4 Å². The van der Waals surface area contributed by atoms with Gasteiger partial charge in [-0.25, -0.2) is 4.39 Å². The Bertz CT molecular complexity index is 722. The second kappa shape index (κ2) is 8.90. The fraction of sp³-hybridized carbons (Fsp3) is 0.429. The minimum Gasteiger partial charge on any atom is -0.341 e. The van der Waals surface area contributed by atoms with Crippen LogP contribution in [-0.4, -0.2) is 53.9 Å². The fourth-order valence-electron chi connectivity index (χ4n) is 3.67. The molecule has 1 atom stereocenters. The van der Waals surface area contributed by atoms with E-state index in [-0.39, 0.29) is 11.7 Å². The van der Waals surface area contributed by atoms with Crippen molar-refractivity contribution in [2.75, 3.05) is 33.2 Å². The van der Waals surface area contributed by atoms with Crippen molar-refractivity contribution in [1.29, 1.82) is 0 Å². The van der Waals surface area contributed by atoms with Crippen LogP contribution in [0.25, 0.3) is 0 Å². The second-order valence-corrected chi connectivity index (χ2v) is 7.07. The van der Waals surface area contributed by atoms with Crippen molar-refractivity contribution in [2.45, 2.75) is 19.3 Å². The summed E-state index contributed by atoms with van der Waals surface area (Å²) in [5.74, 6) is 0.375. The van der Waals surface area contributed by atoms with Crippen LogP contribution >= 0.6 is 0 Å². The molecule has 3 rings (SSSR count). The van der Waals surface area contributed by atoms with Crippen molar-refractivity contribution in [3.05, 3.63) is 65.7 Å². The van der Waals surface area contributed by atoms with Crippen molar-refractivity contribution in [3.8, 4) is 0 Å². The molecular weight excluding hydrogens is 329 g/mol. The van der Waals surface area contributed by atoms with Crippen LogP contribution < -0.4 is 0 Å². The molecule has 0 saturated carbocycles. The zero-order valence-electron chi connectivity index (χ0n) is 15.3. The van der Waals surface area contributed by atoms with Gasteiger partial charge in [-0.15, -0.1) is 0 Å². The van der Waals surface area contributed by atoms with Crippen LogP contribution in [0.3, 0.4) is 0 Å². The van der Waals surface area contributed by atoms with Crippen LogP contribution in [0.2, 0.25) is 0 Å². The molecule has 138 valence electrons. The van der Waals surface area contributed by atoms with E-state index in [2.05, 4.69) is 9.88 Å². The summed E-state index contributed by atoms with van der Waals surface area (Å²) in [6.07, 6.45) is 6.27. The maximum absolute atomic E-state index is 13.8. The molecule has 1 aliphatic heterocycles. The maximum Gasteiger partial charge on any atom is 0.253 e. The SMILES string of the molecule is CN(CC1CCCN(CCc2ccccc2F)C1)C(=O)c1ccncc1. The van der Waals surface area contributed by atoms with E-state index in [9.17, 15) is 9.18 Å². The van der Waals surface area contributed by atoms with Gasteiger partial charge in [0.1, 0.15) is 5.82 Å². The summed E-state index contributed by atoms with van der Waals surface area (Å²) in [5, 5.41) is 0. The molecular formula is C21H26FN3O. The van der Waals surface area contributed by atoms with E-state index in [4.69, 9.17) is 0 Å². The number of likely N-dealkylation sites (tertiary alicyclic amines) is 1. The van der Waals surface area contributed by atoms with Gasteiger partial charge >= 0.3 is 0 Å². The molecule has 0 bridgehead atoms. The lowest BCUT2D eigenvalue weighted by atomic mass is 9.96. The van der Waals surface area contributed by atoms with Gasteiger partial charge in [-0.1, -0.05) is 18.2 Å². The van der Waals surface area contributed by atoms with E-state index in [1.807, 2.05) is 19.2 Å². The molecule has 0 radical (unpaired) electrons. The van der Waals surface area contributed by atoms with Gasteiger partial charge in [0.05, 0.1) is 0 Å². The molecule has 2 aromatic rings. The number of benzene rings is 1. The lowest BCUT2D eigenvalue weighted by molar-refractivity contribution is 0.0730. The molecule has 1 aromatic carbocycles. The molecule has 5 heteroatoms. The Labute approximate surface area is 154 Å². The molecule has 4 nitrogen and oxygen atoms in total. The summed E-state index contributed by atoms with van der Waals surface area (Å²) in [6.45, 7) is 3.62. The highest BCUT2D eigenvalue weighted by atomic mass is 19.1. The number of hydrogen-bond donors (Lipinski definition) is 0. The third kappa shape index (κ3) is 4.88. The number of aromatic nitrogens is 1. The first-order valence-electron chi connectivity index (χ1n) is 9.24. The molecule has 0 N–H and O–H groups in total. The Kier molecular flexibility index (Phi) is 6.34. The largest absolute Gasteiger partial charge is 0.341 e. The zero-order valence-corrected chi connectivity index (χ0v) is 15.3. The number of halogens is 1. The summed E-state index contributed by atoms with van der Waals surface area (Å²) >= 11 is 0. The number of carbonyl (C=O) groups is 1. The maximum atomic E-state index is 13.8. The molecule has 1 amide bonds. The van der Waals surface area contributed by atoms with Crippen LogP contribution in [0.4, 0.5) is 4.39 Å². The Morgan fingerprint density at radius 3 is 2.81 bits per heavy atom. The number of carbonyl (C=O) groups excluding carboxylic acids is 1. The molecule has 0 spiro atoms. The Morgan fingerprint density at radius 1 is 1.27 bits per heavy atom. The van der Waals surface area contributed by atoms with Gasteiger partial charge in [-0.3, -0.25) is 9.78 Å². The number of rotatable bonds is 6. The molecule has 26 heavy (non-hydrogen) atoms. The van der Waals surface area contributed by atoms with Gasteiger partial charge in [0.25, 0.3) is 5.91 Å². The smallest absolute Gasteiger partial charge is 0.253 e. The average molecular weight is 355 g/mol. The summed E-state index contributed by atoms with van der Waals surface area (Å²) in [7, 11) is 1.86. The van der Waals surface area contributed by atoms with E-state index < -0.39 is 0 Å². The van der Waals surface area contributed by atoms with Crippen LogP contribution in [0.15, 0.2) is 48.8 Å². The summed E-state index contributed by atoms with van der Waals surface area (Å²) in [5.41, 5.74) is 1.45. The minimum absolute atomic E-state index is 0.0379. The van der Waals surface area contributed by atoms with Crippen LogP contribution in [0.1, 0.15) is 28.8 Å². The average Bonchev–Trinajstić information content (AvgIpc) is 2.68. The quantitative estimate of drug-likeness (QED) is 0.798. The molecule has 2 heterocycles. The van der Waals surface area contributed by atoms with Gasteiger partial charge in [-0.2, -0.15) is 0 Å². The van der Waals surface area contributed by atoms with E-state index in [0.29, 0.717) is 11.5 Å². The van der Waals surface area contributed by atoms with Gasteiger partial charge in [-0.05, 0) is 55.5 Å². The standard InChI is InChI=1S/C21H26FN3O/c1-24(21(26)19-8-11-23-12-9-19)15-17-5-4-13-25(16-17)14-10-18-6-2-3-7-20(18)22/h2-3,6-9,11-12,17H,4-5,10,13-16H2,1H3. The predicted octanol–water partition coefficient (Wildman–Crippen LogP) is 3.25. The Balaban J connectivity index is 1.50. The van der Waals surface area contributed by atoms with E-state index in [1.54, 1.807) is 35.5 Å². The van der Waals surface area contributed by atoms with Crippen molar-refractivity contribution in [2.24, 2.45) is 5.92 Å². The predicted molar refractivity (Wildman–Crippen MR) is 100 cm³/mol. The number of hydrogen-bond acceptors (Lipinski definition) is 3. The van der Waals surface area contributed by atoms with E-state index in [0.717, 1.165) is 51.0 Å². The second-order valence-electron chi connectivity index (χ2n) is 7.07. The van der Waals surface area contributed by atoms with Crippen LogP contribution in [0, 0.1) is 11.7 Å². The first kappa shape index (κ1) is 18.5. The molecule has 1 aliphatic rings. The lowest BCUT2D eigenvalue weighted by Gasteiger charge is -2.34. The van der Waals surface area contributed by atoms with Gasteiger partial charge in [0.15, 0.2) is 0 Å². The van der Waals surface area contributed by atoms with Gasteiger partial charge in [0, 0.05) is 44.6 Å². The number of amides is 1. The summed E-state index contributed by atoms with van der Waals surface area (Å²) < 4.78 is 13.8. The third-order valence-corrected chi connectivity index (χ3v) is 5.06. The molecule has 0 aliphatic carbocycles. The van der Waals surface area contributed by atoms with Crippen molar-refractivity contribution in [3.63, 3.8) is 0 Å². The zero-order chi connectivity index (χ0) is 18.4. The highest BCUT2D eigenvalue weighted by molar-refractivity contribution is 5.93. The highest BCUT2D eigenvalue weighted by Crippen LogP contribution is 2.19. The van der Waals surface area contributed by atoms with Crippen molar-refractivity contribution < 1.29 is 9.18 Å². The first-order chi connectivity index (χ1) is 12.6. The molecule has 1 saturated heterocycles. The summed E-state index contributed by atoms with van der Waals surface area (Å²) in [6, 6.07) is 10.5. The number of pyridine rings is 1. The van der Waals surface area contributed by atoms with Crippen molar-refractivity contribution >= 4 is 5.91 Å². The Morgan fingerprint density at radius 2 is 2.04 bits per heavy atom. The van der Waals surface area contributed by atoms with E-state index >= 15 is 0 Å². The molecule has 1 fully saturated rings. The number of nitrogens with zero attached hydrogens (tertiary/aromatic N) is 3. The Hall–Kier alpha value is -2.27. The van der Waals surface area contributed by atoms with E-state index in [1.165, 1.54) is 6.07 Å². The number of piperidine rings is 1. The van der Waals surface area contributed by atoms with Gasteiger partial charge in [0.2, 0.25) is 0 Å². The fourth-order valence-corrected chi connectivity index (χ4v) is 3.67. The minimum atomic E-state index is -0.122. The first-order valence-corrected chi connectivity index (χ1v) is 9.24.